The molecule has 0 aliphatic rings. The van der Waals surface area contributed by atoms with Crippen LogP contribution in [-0.4, -0.2) is 57.8 Å². The minimum absolute atomic E-state index is 0.0937. The van der Waals surface area contributed by atoms with Crippen LogP contribution in [0, 0.1) is 15.9 Å². The zero-order valence-electron chi connectivity index (χ0n) is 18.3. The second-order valence-corrected chi connectivity index (χ2v) is 7.71. The van der Waals surface area contributed by atoms with Crippen molar-refractivity contribution in [3.8, 4) is 17.2 Å². The summed E-state index contributed by atoms with van der Waals surface area (Å²) in [6.07, 6.45) is 0.0161. The minimum atomic E-state index is -1.10. The molecule has 2 rings (SSSR count). The van der Waals surface area contributed by atoms with E-state index < -0.39 is 57.0 Å². The number of carbonyl (C=O) groups excluding carboxylic acids is 2. The Balaban J connectivity index is 2.58. The van der Waals surface area contributed by atoms with Gasteiger partial charge < -0.3 is 30.0 Å². The van der Waals surface area contributed by atoms with Gasteiger partial charge in [-0.15, -0.1) is 0 Å². The lowest BCUT2D eigenvalue weighted by Gasteiger charge is -2.22. The van der Waals surface area contributed by atoms with E-state index in [9.17, 15) is 24.1 Å². The number of anilines is 1. The van der Waals surface area contributed by atoms with E-state index in [1.165, 1.54) is 7.05 Å². The number of aromatic nitrogens is 1. The molecule has 0 aliphatic heterocycles. The molecular weight excluding hydrogens is 443 g/mol. The first-order valence-corrected chi connectivity index (χ1v) is 9.51. The number of benzene rings is 1. The van der Waals surface area contributed by atoms with Gasteiger partial charge in [0.2, 0.25) is 5.75 Å². The number of hydrogen-bond donors (Lipinski definition) is 2. The SMILES string of the molecule is CN(CCO)C(=O)Oc1c(C(=O)OC(C)(C)C)ncc(N)c1Oc1ccc([N+](=O)[O-])cc1F. The fourth-order valence-electron chi connectivity index (χ4n) is 2.36. The first-order valence-electron chi connectivity index (χ1n) is 9.51. The van der Waals surface area contributed by atoms with Crippen LogP contribution in [0.5, 0.6) is 17.2 Å². The van der Waals surface area contributed by atoms with Crippen LogP contribution in [-0.2, 0) is 4.74 Å². The number of nitro groups is 1. The molecule has 1 amide bonds. The van der Waals surface area contributed by atoms with Crippen molar-refractivity contribution in [3.63, 3.8) is 0 Å². The van der Waals surface area contributed by atoms with Crippen molar-refractivity contribution in [2.24, 2.45) is 0 Å². The number of hydrogen-bond acceptors (Lipinski definition) is 10. The van der Waals surface area contributed by atoms with Gasteiger partial charge in [0.1, 0.15) is 5.60 Å². The molecule has 1 aromatic heterocycles. The minimum Gasteiger partial charge on any atom is -0.455 e. The van der Waals surface area contributed by atoms with Gasteiger partial charge >= 0.3 is 12.1 Å². The number of nitrogens with two attached hydrogens (primary N) is 1. The third-order valence-corrected chi connectivity index (χ3v) is 3.88. The smallest absolute Gasteiger partial charge is 0.415 e. The highest BCUT2D eigenvalue weighted by Crippen LogP contribution is 2.40. The summed E-state index contributed by atoms with van der Waals surface area (Å²) < 4.78 is 30.4. The molecule has 1 heterocycles. The average molecular weight is 466 g/mol. The summed E-state index contributed by atoms with van der Waals surface area (Å²) in [4.78, 5) is 40.0. The van der Waals surface area contributed by atoms with Crippen LogP contribution in [0.1, 0.15) is 31.3 Å². The van der Waals surface area contributed by atoms with Crippen LogP contribution >= 0.6 is 0 Å². The highest BCUT2D eigenvalue weighted by molar-refractivity contribution is 5.94. The van der Waals surface area contributed by atoms with Crippen LogP contribution in [0.25, 0.3) is 0 Å². The van der Waals surface area contributed by atoms with Crippen molar-refractivity contribution >= 4 is 23.4 Å². The van der Waals surface area contributed by atoms with E-state index in [1.54, 1.807) is 20.8 Å². The Kier molecular flexibility index (Phi) is 7.72. The summed E-state index contributed by atoms with van der Waals surface area (Å²) in [6, 6.07) is 2.59. The summed E-state index contributed by atoms with van der Waals surface area (Å²) in [6.45, 7) is 4.35. The zero-order chi connectivity index (χ0) is 24.9. The van der Waals surface area contributed by atoms with Gasteiger partial charge in [0.15, 0.2) is 23.0 Å². The average Bonchev–Trinajstić information content (AvgIpc) is 2.70. The molecule has 0 saturated heterocycles. The Bertz CT molecular complexity index is 1070. The molecule has 2 aromatic rings. The van der Waals surface area contributed by atoms with E-state index in [4.69, 9.17) is 25.1 Å². The number of halogens is 1. The number of non-ortho nitro benzene ring substituents is 1. The Morgan fingerprint density at radius 2 is 1.97 bits per heavy atom. The highest BCUT2D eigenvalue weighted by Gasteiger charge is 2.30. The predicted octanol–water partition coefficient (Wildman–Crippen LogP) is 2.88. The molecule has 0 atom stereocenters. The third kappa shape index (κ3) is 6.49. The monoisotopic (exact) mass is 466 g/mol. The van der Waals surface area contributed by atoms with E-state index in [-0.39, 0.29) is 18.8 Å². The quantitative estimate of drug-likeness (QED) is 0.352. The molecule has 0 bridgehead atoms. The maximum absolute atomic E-state index is 14.4. The molecule has 12 nitrogen and oxygen atoms in total. The standard InChI is InChI=1S/C20H23FN4O8/c1-20(2,3)33-18(27)15-17(32-19(28)24(4)7-8-26)16(13(22)10-23-15)31-14-6-5-11(25(29)30)9-12(14)21/h5-6,9-10,26H,7-8,22H2,1-4H3. The van der Waals surface area contributed by atoms with Gasteiger partial charge in [0, 0.05) is 19.7 Å². The third-order valence-electron chi connectivity index (χ3n) is 3.88. The van der Waals surface area contributed by atoms with Crippen LogP contribution in [0.15, 0.2) is 24.4 Å². The van der Waals surface area contributed by atoms with Gasteiger partial charge in [-0.05, 0) is 26.8 Å². The first kappa shape index (κ1) is 25.3. The lowest BCUT2D eigenvalue weighted by Crippen LogP contribution is -2.33. The summed E-state index contributed by atoms with van der Waals surface area (Å²) in [5, 5.41) is 19.9. The fraction of sp³-hybridized carbons (Fsp3) is 0.350. The molecule has 13 heteroatoms. The molecule has 0 spiro atoms. The van der Waals surface area contributed by atoms with Crippen molar-refractivity contribution in [1.82, 2.24) is 9.88 Å². The molecule has 0 unspecified atom stereocenters. The number of likely N-dealkylation sites (N-methyl/N-ethyl adjacent to an activating group) is 1. The zero-order valence-corrected chi connectivity index (χ0v) is 18.3. The summed E-state index contributed by atoms with van der Waals surface area (Å²) >= 11 is 0. The second-order valence-electron chi connectivity index (χ2n) is 7.71. The molecule has 0 aliphatic carbocycles. The van der Waals surface area contributed by atoms with Crippen LogP contribution in [0.3, 0.4) is 0 Å². The Labute approximate surface area is 187 Å². The molecule has 0 radical (unpaired) electrons. The predicted molar refractivity (Wildman–Crippen MR) is 113 cm³/mol. The van der Waals surface area contributed by atoms with Crippen molar-refractivity contribution < 1.29 is 38.2 Å². The van der Waals surface area contributed by atoms with Crippen molar-refractivity contribution in [2.45, 2.75) is 26.4 Å². The van der Waals surface area contributed by atoms with Gasteiger partial charge in [0.25, 0.3) is 5.69 Å². The van der Waals surface area contributed by atoms with E-state index >= 15 is 0 Å². The number of ether oxygens (including phenoxy) is 3. The number of aliphatic hydroxyl groups is 1. The number of pyridine rings is 1. The van der Waals surface area contributed by atoms with Crippen LogP contribution in [0.2, 0.25) is 0 Å². The van der Waals surface area contributed by atoms with Crippen molar-refractivity contribution in [1.29, 1.82) is 0 Å². The first-order chi connectivity index (χ1) is 15.3. The van der Waals surface area contributed by atoms with E-state index in [0.717, 1.165) is 23.2 Å². The number of nitro benzene ring substituents is 1. The number of amides is 1. The van der Waals surface area contributed by atoms with E-state index in [0.29, 0.717) is 6.07 Å². The molecule has 0 saturated carbocycles. The van der Waals surface area contributed by atoms with Crippen molar-refractivity contribution in [3.05, 3.63) is 46.0 Å². The Morgan fingerprint density at radius 1 is 1.30 bits per heavy atom. The fourth-order valence-corrected chi connectivity index (χ4v) is 2.36. The lowest BCUT2D eigenvalue weighted by molar-refractivity contribution is -0.385. The summed E-state index contributed by atoms with van der Waals surface area (Å²) in [7, 11) is 1.32. The van der Waals surface area contributed by atoms with E-state index in [2.05, 4.69) is 4.98 Å². The largest absolute Gasteiger partial charge is 0.455 e. The maximum Gasteiger partial charge on any atom is 0.415 e. The topological polar surface area (TPSA) is 167 Å². The van der Waals surface area contributed by atoms with Gasteiger partial charge in [-0.1, -0.05) is 0 Å². The number of nitrogen functional groups attached to an aromatic ring is 1. The molecule has 1 aromatic carbocycles. The summed E-state index contributed by atoms with van der Waals surface area (Å²) in [5.74, 6) is -3.58. The molecular formula is C20H23FN4O8. The highest BCUT2D eigenvalue weighted by atomic mass is 19.1. The second kappa shape index (κ2) is 10.1. The number of rotatable bonds is 7. The molecule has 0 fully saturated rings. The van der Waals surface area contributed by atoms with Crippen molar-refractivity contribution in [2.75, 3.05) is 25.9 Å². The number of aliphatic hydroxyl groups excluding tert-OH is 1. The van der Waals surface area contributed by atoms with Gasteiger partial charge in [-0.25, -0.2) is 19.0 Å². The molecule has 178 valence electrons. The number of esters is 1. The maximum atomic E-state index is 14.4. The number of nitrogens with zero attached hydrogens (tertiary/aromatic N) is 3. The molecule has 33 heavy (non-hydrogen) atoms. The summed E-state index contributed by atoms with van der Waals surface area (Å²) in [5.41, 5.74) is 3.73. The molecule has 3 N–H and O–H groups in total. The van der Waals surface area contributed by atoms with Crippen LogP contribution in [0.4, 0.5) is 20.6 Å². The number of carbonyl (C=O) groups is 2. The van der Waals surface area contributed by atoms with Gasteiger partial charge in [0.05, 0.1) is 29.5 Å². The lowest BCUT2D eigenvalue weighted by atomic mass is 10.2. The van der Waals surface area contributed by atoms with Crippen LogP contribution < -0.4 is 15.2 Å². The Hall–Kier alpha value is -4.00. The normalized spacial score (nSPS) is 11.0. The van der Waals surface area contributed by atoms with Gasteiger partial charge in [-0.3, -0.25) is 10.1 Å². The van der Waals surface area contributed by atoms with E-state index in [1.807, 2.05) is 0 Å². The van der Waals surface area contributed by atoms with Gasteiger partial charge in [-0.2, -0.15) is 0 Å². The Morgan fingerprint density at radius 3 is 2.52 bits per heavy atom.